The predicted octanol–water partition coefficient (Wildman–Crippen LogP) is 7.40. The average molecular weight is 659 g/mol. The Kier molecular flexibility index (Phi) is 22.4. The summed E-state index contributed by atoms with van der Waals surface area (Å²) < 4.78 is 14.6. The summed E-state index contributed by atoms with van der Waals surface area (Å²) in [5.41, 5.74) is 3.71. The van der Waals surface area contributed by atoms with E-state index in [0.717, 1.165) is 18.4 Å². The first-order valence-electron chi connectivity index (χ1n) is 16.1. The lowest BCUT2D eigenvalue weighted by Crippen LogP contribution is -2.10. The molecule has 8 heteroatoms. The number of rotatable bonds is 12. The second kappa shape index (κ2) is 26.2. The third kappa shape index (κ3) is 21.0. The maximum atomic E-state index is 11.7. The van der Waals surface area contributed by atoms with E-state index in [0.29, 0.717) is 38.6 Å². The molecule has 0 bridgehead atoms. The number of esters is 3. The second-order valence-electron chi connectivity index (χ2n) is 10.8. The molecule has 258 valence electrons. The summed E-state index contributed by atoms with van der Waals surface area (Å²) in [6, 6.07) is 36.1. The lowest BCUT2D eigenvalue weighted by molar-refractivity contribution is -0.144. The Hall–Kier alpha value is -4.95. The van der Waals surface area contributed by atoms with E-state index in [4.69, 9.17) is 14.6 Å². The molecule has 0 amide bonds. The van der Waals surface area contributed by atoms with E-state index < -0.39 is 5.97 Å². The number of aliphatic hydroxyl groups excluding tert-OH is 1. The van der Waals surface area contributed by atoms with Crippen LogP contribution in [0.4, 0.5) is 0 Å². The van der Waals surface area contributed by atoms with Crippen LogP contribution in [0.15, 0.2) is 115 Å². The molecule has 0 radical (unpaired) electrons. The van der Waals surface area contributed by atoms with E-state index in [-0.39, 0.29) is 29.9 Å². The van der Waals surface area contributed by atoms with E-state index in [1.54, 1.807) is 25.1 Å². The van der Waals surface area contributed by atoms with Crippen molar-refractivity contribution in [1.29, 1.82) is 0 Å². The topological polar surface area (TPSA) is 119 Å². The number of aliphatic hydroxyl groups is 1. The molecule has 4 aromatic rings. The molecular weight excluding hydrogens is 608 g/mol. The Morgan fingerprint density at radius 2 is 1.06 bits per heavy atom. The predicted molar refractivity (Wildman–Crippen MR) is 189 cm³/mol. The van der Waals surface area contributed by atoms with Gasteiger partial charge in [-0.3, -0.25) is 9.59 Å². The van der Waals surface area contributed by atoms with Crippen molar-refractivity contribution in [3.05, 3.63) is 138 Å². The molecule has 0 saturated heterocycles. The number of aromatic hydroxyl groups is 1. The molecule has 4 rings (SSSR count). The maximum Gasteiger partial charge on any atom is 0.341 e. The molecule has 0 spiro atoms. The quantitative estimate of drug-likeness (QED) is 0.119. The van der Waals surface area contributed by atoms with E-state index in [1.807, 2.05) is 105 Å². The minimum atomic E-state index is -0.496. The van der Waals surface area contributed by atoms with Crippen LogP contribution >= 0.6 is 0 Å². The van der Waals surface area contributed by atoms with Crippen LogP contribution in [0.2, 0.25) is 0 Å². The summed E-state index contributed by atoms with van der Waals surface area (Å²) >= 11 is 0. The summed E-state index contributed by atoms with van der Waals surface area (Å²) in [6.07, 6.45) is 2.74. The van der Waals surface area contributed by atoms with Gasteiger partial charge in [0, 0.05) is 32.8 Å². The lowest BCUT2D eigenvalue weighted by atomic mass is 10.1. The largest absolute Gasteiger partial charge is 0.507 e. The number of carbonyl (C=O) groups excluding carboxylic acids is 3. The van der Waals surface area contributed by atoms with Gasteiger partial charge >= 0.3 is 17.9 Å². The van der Waals surface area contributed by atoms with Crippen LogP contribution in [0.3, 0.4) is 0 Å². The summed E-state index contributed by atoms with van der Waals surface area (Å²) in [7, 11) is 0. The van der Waals surface area contributed by atoms with Crippen molar-refractivity contribution in [1.82, 2.24) is 0 Å². The van der Waals surface area contributed by atoms with Gasteiger partial charge in [-0.05, 0) is 48.1 Å². The van der Waals surface area contributed by atoms with Crippen LogP contribution in [0.25, 0.3) is 0 Å². The lowest BCUT2D eigenvalue weighted by Gasteiger charge is -2.06. The highest BCUT2D eigenvalue weighted by Crippen LogP contribution is 2.16. The Morgan fingerprint density at radius 1 is 0.625 bits per heavy atom. The molecule has 0 heterocycles. The molecule has 0 fully saturated rings. The smallest absolute Gasteiger partial charge is 0.341 e. The Labute approximate surface area is 285 Å². The number of carbonyl (C=O) groups is 3. The Balaban J connectivity index is 0.000000345. The molecule has 4 aromatic carbocycles. The normalized spacial score (nSPS) is 9.71. The maximum absolute atomic E-state index is 11.7. The summed E-state index contributed by atoms with van der Waals surface area (Å²) in [5.74, 6) is -0.487. The Morgan fingerprint density at radius 3 is 1.46 bits per heavy atom. The second-order valence-corrected chi connectivity index (χ2v) is 10.8. The van der Waals surface area contributed by atoms with Gasteiger partial charge in [0.05, 0.1) is 19.8 Å². The number of hydrogen-bond donors (Lipinski definition) is 2. The van der Waals surface area contributed by atoms with E-state index in [2.05, 4.69) is 4.74 Å². The van der Waals surface area contributed by atoms with Crippen LogP contribution in [0.5, 0.6) is 5.75 Å². The van der Waals surface area contributed by atoms with Gasteiger partial charge in [-0.25, -0.2) is 4.79 Å². The van der Waals surface area contributed by atoms with Gasteiger partial charge in [-0.1, -0.05) is 117 Å². The fraction of sp³-hybridized carbons (Fsp3) is 0.325. The van der Waals surface area contributed by atoms with Gasteiger partial charge in [0.25, 0.3) is 0 Å². The summed E-state index contributed by atoms with van der Waals surface area (Å²) in [6.45, 7) is 8.70. The van der Waals surface area contributed by atoms with Crippen molar-refractivity contribution in [2.75, 3.05) is 26.4 Å². The van der Waals surface area contributed by atoms with Crippen molar-refractivity contribution < 1.29 is 38.8 Å². The molecule has 0 atom stereocenters. The third-order valence-electron chi connectivity index (χ3n) is 6.25. The van der Waals surface area contributed by atoms with Crippen molar-refractivity contribution in [2.45, 2.75) is 53.4 Å². The highest BCUT2D eigenvalue weighted by Gasteiger charge is 2.11. The highest BCUT2D eigenvalue weighted by atomic mass is 16.5. The summed E-state index contributed by atoms with van der Waals surface area (Å²) in [4.78, 5) is 32.7. The fourth-order valence-electron chi connectivity index (χ4n) is 3.93. The molecule has 0 saturated carbocycles. The van der Waals surface area contributed by atoms with Crippen LogP contribution < -0.4 is 0 Å². The minimum Gasteiger partial charge on any atom is -0.507 e. The molecular formula is C40H50O8. The van der Waals surface area contributed by atoms with Crippen LogP contribution in [0, 0.1) is 5.92 Å². The molecule has 0 aliphatic heterocycles. The van der Waals surface area contributed by atoms with Gasteiger partial charge in [0.2, 0.25) is 0 Å². The first kappa shape index (κ1) is 41.1. The van der Waals surface area contributed by atoms with Crippen molar-refractivity contribution >= 4 is 17.9 Å². The molecule has 2 N–H and O–H groups in total. The fourth-order valence-corrected chi connectivity index (χ4v) is 3.93. The standard InChI is InChI=1S/C15H14O3.C13H18O2.C8H10O.C4H8O2/c16-14-9-5-4-8-13(14)15(17)18-11-10-12-6-2-1-3-7-12;1-11(2)10-13(14)15-9-8-12-6-4-3-5-7-12;9-7-6-8-4-2-1-3-5-8;1-3-6-4(2)5/h1-9,16H,10-11H2;3-7,11H,8-10H2,1-2H3;1-5,9H,6-7H2;3H2,1-2H3. The zero-order valence-electron chi connectivity index (χ0n) is 28.5. The SMILES string of the molecule is CC(C)CC(=O)OCCc1ccccc1.CCOC(C)=O.O=C(OCCc1ccccc1)c1ccccc1O.OCCc1ccccc1. The highest BCUT2D eigenvalue weighted by molar-refractivity contribution is 5.92. The number of benzene rings is 4. The van der Waals surface area contributed by atoms with E-state index in [9.17, 15) is 19.5 Å². The van der Waals surface area contributed by atoms with Crippen LogP contribution in [0.1, 0.15) is 61.2 Å². The van der Waals surface area contributed by atoms with E-state index >= 15 is 0 Å². The molecule has 8 nitrogen and oxygen atoms in total. The average Bonchev–Trinajstić information content (AvgIpc) is 3.07. The number of ether oxygens (including phenoxy) is 3. The van der Waals surface area contributed by atoms with E-state index in [1.165, 1.54) is 24.1 Å². The van der Waals surface area contributed by atoms with Crippen molar-refractivity contribution in [3.63, 3.8) is 0 Å². The first-order valence-corrected chi connectivity index (χ1v) is 16.1. The minimum absolute atomic E-state index is 0.0535. The molecule has 0 aliphatic carbocycles. The zero-order chi connectivity index (χ0) is 35.4. The first-order chi connectivity index (χ1) is 23.2. The third-order valence-corrected chi connectivity index (χ3v) is 6.25. The number of para-hydroxylation sites is 1. The monoisotopic (exact) mass is 658 g/mol. The van der Waals surface area contributed by atoms with Crippen molar-refractivity contribution in [3.8, 4) is 5.75 Å². The van der Waals surface area contributed by atoms with Gasteiger partial charge < -0.3 is 24.4 Å². The molecule has 0 aliphatic rings. The zero-order valence-corrected chi connectivity index (χ0v) is 28.5. The Bertz CT molecular complexity index is 1410. The van der Waals surface area contributed by atoms with Crippen LogP contribution in [-0.2, 0) is 43.1 Å². The van der Waals surface area contributed by atoms with Gasteiger partial charge in [0.15, 0.2) is 0 Å². The van der Waals surface area contributed by atoms with Gasteiger partial charge in [-0.2, -0.15) is 0 Å². The summed E-state index contributed by atoms with van der Waals surface area (Å²) in [5, 5.41) is 18.0. The number of phenols is 1. The molecule has 0 unspecified atom stereocenters. The van der Waals surface area contributed by atoms with Crippen molar-refractivity contribution in [2.24, 2.45) is 5.92 Å². The van der Waals surface area contributed by atoms with Gasteiger partial charge in [-0.15, -0.1) is 0 Å². The van der Waals surface area contributed by atoms with Gasteiger partial charge in [0.1, 0.15) is 11.3 Å². The number of phenolic OH excluding ortho intramolecular Hbond substituents is 1. The van der Waals surface area contributed by atoms with Crippen LogP contribution in [-0.4, -0.2) is 54.5 Å². The number of hydrogen-bond acceptors (Lipinski definition) is 8. The molecule has 0 aromatic heterocycles. The molecule has 48 heavy (non-hydrogen) atoms.